The maximum atomic E-state index is 13.1. The molecule has 10 heterocycles. The molecule has 6 aliphatic rings. The van der Waals surface area contributed by atoms with Crippen LogP contribution in [0.25, 0.3) is 44.1 Å². The number of imidazole rings is 4. The van der Waals surface area contributed by atoms with Crippen LogP contribution in [0.1, 0.15) is 265 Å². The third-order valence-electron chi connectivity index (χ3n) is 21.6. The van der Waals surface area contributed by atoms with Crippen LogP contribution >= 0.6 is 0 Å². The van der Waals surface area contributed by atoms with Gasteiger partial charge in [-0.1, -0.05) is 90.1 Å². The van der Waals surface area contributed by atoms with Gasteiger partial charge in [0.1, 0.15) is 34.5 Å². The highest BCUT2D eigenvalue weighted by atomic mass is 16.6. The first-order valence-electron chi connectivity index (χ1n) is 37.0. The topological polar surface area (TPSA) is 204 Å². The number of amides is 2. The highest BCUT2D eigenvalue weighted by molar-refractivity contribution is 5.80. The fourth-order valence-electron chi connectivity index (χ4n) is 16.6. The number of rotatable bonds is 10. The molecule has 18 nitrogen and oxygen atoms in total. The zero-order chi connectivity index (χ0) is 69.6. The highest BCUT2D eigenvalue weighted by Crippen LogP contribution is 2.51. The van der Waals surface area contributed by atoms with Crippen LogP contribution in [0.5, 0.6) is 0 Å². The van der Waals surface area contributed by atoms with Gasteiger partial charge in [-0.15, -0.1) is 0 Å². The van der Waals surface area contributed by atoms with Crippen molar-refractivity contribution in [3.63, 3.8) is 0 Å². The van der Waals surface area contributed by atoms with Gasteiger partial charge in [-0.3, -0.25) is 9.80 Å². The van der Waals surface area contributed by atoms with Crippen molar-refractivity contribution in [2.45, 2.75) is 231 Å². The molecule has 0 aliphatic carbocycles. The van der Waals surface area contributed by atoms with E-state index in [0.29, 0.717) is 25.2 Å². The first-order valence-corrected chi connectivity index (χ1v) is 37.0. The quantitative estimate of drug-likeness (QED) is 0.0757. The molecule has 0 spiro atoms. The number of hydrogen-bond donors (Lipinski definition) is 6. The summed E-state index contributed by atoms with van der Waals surface area (Å²) in [6, 6.07) is 46.5. The number of nitrogens with one attached hydrogen (secondary N) is 6. The van der Waals surface area contributed by atoms with Gasteiger partial charge in [-0.2, -0.15) is 0 Å². The van der Waals surface area contributed by atoms with Crippen molar-refractivity contribution in [2.75, 3.05) is 36.0 Å². The Bertz CT molecular complexity index is 4370. The Morgan fingerprint density at radius 2 is 0.680 bits per heavy atom. The van der Waals surface area contributed by atoms with Gasteiger partial charge < -0.3 is 49.8 Å². The van der Waals surface area contributed by atoms with Gasteiger partial charge >= 0.3 is 12.2 Å². The molecule has 6 N–H and O–H groups in total. The van der Waals surface area contributed by atoms with Crippen LogP contribution in [0.4, 0.5) is 21.0 Å². The Morgan fingerprint density at radius 1 is 0.370 bits per heavy atom. The number of anilines is 2. The van der Waals surface area contributed by atoms with Crippen LogP contribution in [0, 0.1) is 0 Å². The first-order chi connectivity index (χ1) is 47.8. The van der Waals surface area contributed by atoms with E-state index in [0.717, 1.165) is 145 Å². The van der Waals surface area contributed by atoms with Gasteiger partial charge in [0.2, 0.25) is 0 Å². The molecule has 6 aromatic carbocycles. The number of nitrogens with zero attached hydrogens (tertiary/aromatic N) is 8. The molecule has 8 atom stereocenters. The lowest BCUT2D eigenvalue weighted by Crippen LogP contribution is -2.36. The average molecular weight is 1350 g/mol. The summed E-state index contributed by atoms with van der Waals surface area (Å²) in [6.45, 7) is 28.5. The summed E-state index contributed by atoms with van der Waals surface area (Å²) in [7, 11) is 0. The minimum Gasteiger partial charge on any atom is -0.444 e. The molecule has 6 aliphatic heterocycles. The fourth-order valence-corrected chi connectivity index (χ4v) is 16.6. The van der Waals surface area contributed by atoms with E-state index in [1.165, 1.54) is 57.6 Å². The molecule has 8 unspecified atom stereocenters. The van der Waals surface area contributed by atoms with Crippen molar-refractivity contribution in [2.24, 2.45) is 0 Å². The van der Waals surface area contributed by atoms with Crippen molar-refractivity contribution in [1.29, 1.82) is 0 Å². The van der Waals surface area contributed by atoms with Gasteiger partial charge in [0, 0.05) is 24.5 Å². The highest BCUT2D eigenvalue weighted by Gasteiger charge is 2.41. The molecule has 18 heteroatoms. The molecule has 4 aromatic heterocycles. The molecule has 0 bridgehead atoms. The van der Waals surface area contributed by atoms with E-state index in [4.69, 9.17) is 29.4 Å². The van der Waals surface area contributed by atoms with Gasteiger partial charge in [0.25, 0.3) is 0 Å². The zero-order valence-electron chi connectivity index (χ0n) is 60.7. The van der Waals surface area contributed by atoms with Gasteiger partial charge in [0.05, 0.1) is 92.5 Å². The Labute approximate surface area is 588 Å². The third kappa shape index (κ3) is 13.7. The van der Waals surface area contributed by atoms with Crippen LogP contribution in [0.2, 0.25) is 0 Å². The van der Waals surface area contributed by atoms with Crippen molar-refractivity contribution in [3.05, 3.63) is 178 Å². The maximum absolute atomic E-state index is 13.1. The summed E-state index contributed by atoms with van der Waals surface area (Å²) in [4.78, 5) is 69.6. The third-order valence-corrected chi connectivity index (χ3v) is 21.6. The molecular formula is C82H102N14O4. The number of aromatic nitrogens is 8. The molecule has 100 heavy (non-hydrogen) atoms. The van der Waals surface area contributed by atoms with E-state index < -0.39 is 11.2 Å². The minimum absolute atomic E-state index is 0.0474. The van der Waals surface area contributed by atoms with Crippen LogP contribution in [-0.4, -0.2) is 99.2 Å². The lowest BCUT2D eigenvalue weighted by Gasteiger charge is -2.34. The Kier molecular flexibility index (Phi) is 17.7. The lowest BCUT2D eigenvalue weighted by atomic mass is 9.87. The number of hydrogen-bond acceptors (Lipinski definition) is 12. The molecule has 0 radical (unpaired) electrons. The lowest BCUT2D eigenvalue weighted by molar-refractivity contribution is 0.0208. The molecule has 0 saturated carbocycles. The summed E-state index contributed by atoms with van der Waals surface area (Å²) >= 11 is 0. The molecule has 16 rings (SSSR count). The summed E-state index contributed by atoms with van der Waals surface area (Å²) in [5.74, 6) is 3.76. The summed E-state index contributed by atoms with van der Waals surface area (Å²) < 4.78 is 11.5. The SMILES string of the molecule is CC(C)(C)OC(=O)N1CCCC1c1nc2ccc(C3CCC(c4ccc5nc(C6CCCN6C(=O)OC(C)(C)C)[nH]c5c4)N3c3ccc(C(C)(C)C)cc3)cc2[nH]1.CC(C)(C)c1ccc(N2C(c3ccc4nc(C5CCCN5)[nH]c4c3)CCC2c2ccc3nc(C4CCCN4)[nH]c3c2)cc1. The minimum atomic E-state index is -0.557. The number of ether oxygens (including phenoxy) is 2. The van der Waals surface area contributed by atoms with Gasteiger partial charge in [-0.05, 0) is 249 Å². The molecule has 524 valence electrons. The van der Waals surface area contributed by atoms with Gasteiger partial charge in [-0.25, -0.2) is 29.5 Å². The van der Waals surface area contributed by atoms with E-state index in [9.17, 15) is 9.59 Å². The average Bonchev–Trinajstić information content (AvgIpc) is 1.60. The van der Waals surface area contributed by atoms with Crippen LogP contribution in [0.15, 0.2) is 121 Å². The molecule has 2 amide bonds. The van der Waals surface area contributed by atoms with Crippen LogP contribution < -0.4 is 20.4 Å². The molecule has 6 saturated heterocycles. The number of benzene rings is 6. The van der Waals surface area contributed by atoms with Crippen LogP contribution in [0.3, 0.4) is 0 Å². The van der Waals surface area contributed by atoms with Crippen molar-refractivity contribution < 1.29 is 19.1 Å². The summed E-state index contributed by atoms with van der Waals surface area (Å²) in [6.07, 6.45) is 11.8. The van der Waals surface area contributed by atoms with E-state index in [1.54, 1.807) is 0 Å². The fraction of sp³-hybridized carbons (Fsp3) is 0.488. The number of fused-ring (bicyclic) bond motifs is 4. The van der Waals surface area contributed by atoms with Crippen LogP contribution in [-0.2, 0) is 20.3 Å². The number of carbonyl (C=O) groups is 2. The predicted octanol–water partition coefficient (Wildman–Crippen LogP) is 18.6. The molecule has 10 aromatic rings. The monoisotopic (exact) mass is 1350 g/mol. The second-order valence-corrected chi connectivity index (χ2v) is 33.2. The van der Waals surface area contributed by atoms with Crippen molar-refractivity contribution in [3.8, 4) is 0 Å². The second kappa shape index (κ2) is 26.3. The molecular weight excluding hydrogens is 1240 g/mol. The van der Waals surface area contributed by atoms with E-state index >= 15 is 0 Å². The zero-order valence-corrected chi connectivity index (χ0v) is 60.7. The number of H-pyrrole nitrogens is 4. The maximum Gasteiger partial charge on any atom is 0.410 e. The normalized spacial score (nSPS) is 23.1. The number of aromatic amines is 4. The first kappa shape index (κ1) is 67.1. The van der Waals surface area contributed by atoms with E-state index in [-0.39, 0.29) is 59.3 Å². The standard InChI is InChI=1S/C46H59N7O4.C36H43N7/c1-44(2,3)30-16-18-31(19-17-30)53-36(28-14-20-32-34(26-28)49-40(47-32)38-12-10-24-51(38)42(54)56-45(4,5)6)22-23-37(53)29-15-21-33-35(27-29)50-41(48-33)39-13-11-25-52(39)43(55)57-46(7,8)9;1-36(2,3)24-10-12-25(13-11-24)43-32(22-8-14-26-30(20-22)41-34(39-26)28-6-4-18-37-28)16-17-33(43)23-9-15-27-31(21-23)42-35(40-27)29-7-5-19-38-29/h14-21,26-27,36-39H,10-13,22-25H2,1-9H3,(H,47,49)(H,48,50);8-15,20-21,28-29,32-33,37-38H,4-7,16-19H2,1-3H3,(H,39,41)(H,40,42). The summed E-state index contributed by atoms with van der Waals surface area (Å²) in [5.41, 5.74) is 17.5. The van der Waals surface area contributed by atoms with Gasteiger partial charge in [0.15, 0.2) is 0 Å². The molecule has 6 fully saturated rings. The smallest absolute Gasteiger partial charge is 0.410 e. The Hall–Kier alpha value is -8.74. The Morgan fingerprint density at radius 3 is 0.970 bits per heavy atom. The number of likely N-dealkylation sites (tertiary alicyclic amines) is 2. The predicted molar refractivity (Wildman–Crippen MR) is 399 cm³/mol. The second-order valence-electron chi connectivity index (χ2n) is 33.2. The number of carbonyl (C=O) groups excluding carboxylic acids is 2. The van der Waals surface area contributed by atoms with E-state index in [1.807, 2.05) is 51.3 Å². The Balaban J connectivity index is 0.000000169. The largest absolute Gasteiger partial charge is 0.444 e. The van der Waals surface area contributed by atoms with Crippen molar-refractivity contribution >= 4 is 67.7 Å². The summed E-state index contributed by atoms with van der Waals surface area (Å²) in [5, 5.41) is 7.18. The van der Waals surface area contributed by atoms with Crippen molar-refractivity contribution in [1.82, 2.24) is 60.3 Å². The van der Waals surface area contributed by atoms with E-state index in [2.05, 4.69) is 203 Å².